The summed E-state index contributed by atoms with van der Waals surface area (Å²) in [6.07, 6.45) is 0. The van der Waals surface area contributed by atoms with Crippen LogP contribution in [0.25, 0.3) is 67.5 Å². The van der Waals surface area contributed by atoms with Crippen LogP contribution in [0.15, 0.2) is 133 Å². The normalized spacial score (nSPS) is 11.8. The van der Waals surface area contributed by atoms with Crippen molar-refractivity contribution in [1.82, 2.24) is 19.9 Å². The maximum Gasteiger partial charge on any atom is 0.164 e. The van der Waals surface area contributed by atoms with Crippen molar-refractivity contribution >= 4 is 0 Å². The van der Waals surface area contributed by atoms with Gasteiger partial charge in [-0.15, -0.1) is 0 Å². The van der Waals surface area contributed by atoms with Crippen molar-refractivity contribution in [2.45, 2.75) is 66.2 Å². The van der Waals surface area contributed by atoms with E-state index >= 15 is 0 Å². The largest absolute Gasteiger partial charge is 0.258 e. The molecule has 0 spiro atoms. The lowest BCUT2D eigenvalue weighted by molar-refractivity contribution is 0.569. The van der Waals surface area contributed by atoms with E-state index in [-0.39, 0.29) is 10.8 Å². The van der Waals surface area contributed by atoms with E-state index in [2.05, 4.69) is 121 Å². The molecule has 5 aromatic carbocycles. The van der Waals surface area contributed by atoms with E-state index in [9.17, 15) is 0 Å². The standard InChI is InChI=1S/C48H46N4/c1-31-22-23-43(32(2)49-31)39-25-37(35-20-15-21-36(24-35)38-28-41(47(3,4)5)30-42(29-38)48(6,7)8)26-40(27-39)46-51-44(33-16-11-9-12-17-33)50-45(52-46)34-18-13-10-14-19-34/h9-30H,1-8H3. The smallest absolute Gasteiger partial charge is 0.164 e. The molecule has 7 rings (SSSR count). The molecule has 0 unspecified atom stereocenters. The first-order chi connectivity index (χ1) is 24.8. The van der Waals surface area contributed by atoms with E-state index in [0.717, 1.165) is 50.3 Å². The van der Waals surface area contributed by atoms with Crippen molar-refractivity contribution in [3.8, 4) is 67.5 Å². The highest BCUT2D eigenvalue weighted by atomic mass is 15.0. The molecule has 4 heteroatoms. The van der Waals surface area contributed by atoms with Gasteiger partial charge in [-0.05, 0) is 94.0 Å². The predicted octanol–water partition coefficient (Wildman–Crippen LogP) is 12.5. The first-order valence-corrected chi connectivity index (χ1v) is 18.1. The van der Waals surface area contributed by atoms with E-state index in [1.165, 1.54) is 22.3 Å². The predicted molar refractivity (Wildman–Crippen MR) is 217 cm³/mol. The zero-order valence-corrected chi connectivity index (χ0v) is 31.5. The van der Waals surface area contributed by atoms with Crippen LogP contribution in [0.1, 0.15) is 64.1 Å². The van der Waals surface area contributed by atoms with Crippen LogP contribution in [-0.2, 0) is 10.8 Å². The summed E-state index contributed by atoms with van der Waals surface area (Å²) in [4.78, 5) is 20.0. The molecule has 4 nitrogen and oxygen atoms in total. The van der Waals surface area contributed by atoms with Crippen LogP contribution in [0, 0.1) is 13.8 Å². The second-order valence-corrected chi connectivity index (χ2v) is 15.8. The Morgan fingerprint density at radius 1 is 0.346 bits per heavy atom. The van der Waals surface area contributed by atoms with Crippen molar-refractivity contribution < 1.29 is 0 Å². The van der Waals surface area contributed by atoms with E-state index < -0.39 is 0 Å². The SMILES string of the molecule is Cc1ccc(-c2cc(-c3cccc(-c4cc(C(C)(C)C)cc(C(C)(C)C)c4)c3)cc(-c3nc(-c4ccccc4)nc(-c4ccccc4)n3)c2)c(C)n1. The fourth-order valence-electron chi connectivity index (χ4n) is 6.55. The lowest BCUT2D eigenvalue weighted by atomic mass is 9.79. The van der Waals surface area contributed by atoms with Crippen LogP contribution in [0.4, 0.5) is 0 Å². The molecule has 0 aliphatic carbocycles. The minimum atomic E-state index is 0.0263. The van der Waals surface area contributed by atoms with Crippen molar-refractivity contribution in [3.63, 3.8) is 0 Å². The molecule has 2 aromatic heterocycles. The molecule has 2 heterocycles. The van der Waals surface area contributed by atoms with Crippen LogP contribution in [0.3, 0.4) is 0 Å². The van der Waals surface area contributed by atoms with Gasteiger partial charge in [0.05, 0.1) is 0 Å². The Balaban J connectivity index is 1.44. The van der Waals surface area contributed by atoms with Crippen molar-refractivity contribution in [1.29, 1.82) is 0 Å². The average molecular weight is 679 g/mol. The molecular formula is C48H46N4. The van der Waals surface area contributed by atoms with E-state index in [1.807, 2.05) is 67.6 Å². The Morgan fingerprint density at radius 2 is 0.769 bits per heavy atom. The van der Waals surface area contributed by atoms with Crippen LogP contribution in [0.5, 0.6) is 0 Å². The molecule has 0 fully saturated rings. The summed E-state index contributed by atoms with van der Waals surface area (Å²) in [5.41, 5.74) is 14.3. The zero-order chi connectivity index (χ0) is 36.6. The van der Waals surface area contributed by atoms with Gasteiger partial charge in [0.15, 0.2) is 17.5 Å². The molecule has 52 heavy (non-hydrogen) atoms. The summed E-state index contributed by atoms with van der Waals surface area (Å²) in [5, 5.41) is 0. The third kappa shape index (κ3) is 7.48. The van der Waals surface area contributed by atoms with Gasteiger partial charge in [-0.1, -0.05) is 145 Å². The molecule has 7 aromatic rings. The molecule has 0 atom stereocenters. The summed E-state index contributed by atoms with van der Waals surface area (Å²) in [6, 6.07) is 47.2. The summed E-state index contributed by atoms with van der Waals surface area (Å²) in [6.45, 7) is 17.8. The molecular weight excluding hydrogens is 633 g/mol. The van der Waals surface area contributed by atoms with Crippen molar-refractivity contribution in [2.24, 2.45) is 0 Å². The quantitative estimate of drug-likeness (QED) is 0.176. The number of rotatable bonds is 6. The first-order valence-electron chi connectivity index (χ1n) is 18.1. The first kappa shape index (κ1) is 34.7. The topological polar surface area (TPSA) is 51.6 Å². The second-order valence-electron chi connectivity index (χ2n) is 15.8. The minimum Gasteiger partial charge on any atom is -0.258 e. The van der Waals surface area contributed by atoms with E-state index in [4.69, 9.17) is 19.9 Å². The fraction of sp³-hybridized carbons (Fsp3) is 0.208. The van der Waals surface area contributed by atoms with Gasteiger partial charge in [0.2, 0.25) is 0 Å². The number of nitrogens with zero attached hydrogens (tertiary/aromatic N) is 4. The highest BCUT2D eigenvalue weighted by Crippen LogP contribution is 2.38. The number of hydrogen-bond donors (Lipinski definition) is 0. The molecule has 258 valence electrons. The van der Waals surface area contributed by atoms with Crippen LogP contribution >= 0.6 is 0 Å². The molecule has 0 bridgehead atoms. The van der Waals surface area contributed by atoms with Gasteiger partial charge >= 0.3 is 0 Å². The lowest BCUT2D eigenvalue weighted by Crippen LogP contribution is -2.16. The Bertz CT molecular complexity index is 2290. The van der Waals surface area contributed by atoms with Crippen LogP contribution in [-0.4, -0.2) is 19.9 Å². The highest BCUT2D eigenvalue weighted by molar-refractivity contribution is 5.83. The summed E-state index contributed by atoms with van der Waals surface area (Å²) in [7, 11) is 0. The van der Waals surface area contributed by atoms with E-state index in [1.54, 1.807) is 0 Å². The van der Waals surface area contributed by atoms with Gasteiger partial charge in [0.25, 0.3) is 0 Å². The number of aryl methyl sites for hydroxylation is 2. The molecule has 0 N–H and O–H groups in total. The third-order valence-corrected chi connectivity index (χ3v) is 9.62. The molecule has 0 amide bonds. The molecule has 0 saturated heterocycles. The average Bonchev–Trinajstić information content (AvgIpc) is 3.14. The summed E-state index contributed by atoms with van der Waals surface area (Å²) < 4.78 is 0. The van der Waals surface area contributed by atoms with Gasteiger partial charge in [-0.25, -0.2) is 15.0 Å². The molecule has 0 radical (unpaired) electrons. The maximum atomic E-state index is 5.10. The molecule has 0 aliphatic rings. The third-order valence-electron chi connectivity index (χ3n) is 9.62. The van der Waals surface area contributed by atoms with Crippen molar-refractivity contribution in [2.75, 3.05) is 0 Å². The van der Waals surface area contributed by atoms with Gasteiger partial charge in [0.1, 0.15) is 0 Å². The fourth-order valence-corrected chi connectivity index (χ4v) is 6.55. The Morgan fingerprint density at radius 3 is 1.27 bits per heavy atom. The van der Waals surface area contributed by atoms with Gasteiger partial charge in [-0.2, -0.15) is 0 Å². The number of benzene rings is 5. The zero-order valence-electron chi connectivity index (χ0n) is 31.5. The minimum absolute atomic E-state index is 0.0263. The molecule has 0 aliphatic heterocycles. The Hall–Kier alpha value is -5.74. The van der Waals surface area contributed by atoms with Gasteiger partial charge in [0, 0.05) is 33.6 Å². The Labute approximate surface area is 308 Å². The number of aromatic nitrogens is 4. The second kappa shape index (κ2) is 13.8. The van der Waals surface area contributed by atoms with Gasteiger partial charge < -0.3 is 0 Å². The molecule has 0 saturated carbocycles. The summed E-state index contributed by atoms with van der Waals surface area (Å²) >= 11 is 0. The maximum absolute atomic E-state index is 5.10. The van der Waals surface area contributed by atoms with Crippen LogP contribution in [0.2, 0.25) is 0 Å². The number of hydrogen-bond acceptors (Lipinski definition) is 4. The van der Waals surface area contributed by atoms with Gasteiger partial charge in [-0.3, -0.25) is 4.98 Å². The van der Waals surface area contributed by atoms with E-state index in [0.29, 0.717) is 17.5 Å². The summed E-state index contributed by atoms with van der Waals surface area (Å²) in [5.74, 6) is 1.90. The highest BCUT2D eigenvalue weighted by Gasteiger charge is 2.22. The van der Waals surface area contributed by atoms with Crippen molar-refractivity contribution in [3.05, 3.63) is 156 Å². The Kier molecular flexibility index (Phi) is 9.18. The van der Waals surface area contributed by atoms with Crippen LogP contribution < -0.4 is 0 Å². The number of pyridine rings is 1. The lowest BCUT2D eigenvalue weighted by Gasteiger charge is -2.26. The monoisotopic (exact) mass is 678 g/mol.